The summed E-state index contributed by atoms with van der Waals surface area (Å²) in [6, 6.07) is 38.5. The second kappa shape index (κ2) is 10.4. The molecule has 8 rings (SSSR count). The van der Waals surface area contributed by atoms with Crippen molar-refractivity contribution in [1.82, 2.24) is 9.13 Å². The fourth-order valence-corrected chi connectivity index (χ4v) is 7.20. The second-order valence-electron chi connectivity index (χ2n) is 12.2. The zero-order valence-corrected chi connectivity index (χ0v) is 25.9. The summed E-state index contributed by atoms with van der Waals surface area (Å²) in [5.74, 6) is 0. The van der Waals surface area contributed by atoms with Gasteiger partial charge in [-0.1, -0.05) is 71.8 Å². The molecule has 0 saturated carbocycles. The lowest BCUT2D eigenvalue weighted by Gasteiger charge is -2.21. The SMILES string of the molecule is Cc1ccc2c(c1)c1ccccc1n2-c1cc(-c2c(C)cccc2C(F)(F)F)cc(-n2c3ccccc3c3cc(C)ccc32)c1C#N. The van der Waals surface area contributed by atoms with Crippen molar-refractivity contribution >= 4 is 43.6 Å². The van der Waals surface area contributed by atoms with Crippen LogP contribution in [0.2, 0.25) is 0 Å². The van der Waals surface area contributed by atoms with Crippen molar-refractivity contribution in [2.45, 2.75) is 26.9 Å². The standard InChI is InChI=1S/C41H28F3N3/c1-24-15-17-36-30(19-24)28-10-4-6-13-34(28)46(36)38-21-27(40-26(3)9-8-12-33(40)41(42,43)44)22-39(32(38)23-45)47-35-14-7-5-11-29(35)31-20-25(2)16-18-37(31)47/h4-22H,1-3H3. The molecule has 0 unspecified atom stereocenters. The lowest BCUT2D eigenvalue weighted by Crippen LogP contribution is -2.10. The Kier molecular flexibility index (Phi) is 6.32. The fourth-order valence-electron chi connectivity index (χ4n) is 7.20. The molecule has 2 heterocycles. The number of hydrogen-bond acceptors (Lipinski definition) is 1. The third-order valence-electron chi connectivity index (χ3n) is 9.21. The molecule has 8 aromatic rings. The molecule has 0 fully saturated rings. The minimum Gasteiger partial charge on any atom is -0.308 e. The third kappa shape index (κ3) is 4.34. The highest BCUT2D eigenvalue weighted by molar-refractivity contribution is 6.11. The maximum Gasteiger partial charge on any atom is 0.417 e. The first-order chi connectivity index (χ1) is 22.7. The van der Waals surface area contributed by atoms with E-state index in [4.69, 9.17) is 0 Å². The van der Waals surface area contributed by atoms with E-state index in [1.165, 1.54) is 6.07 Å². The summed E-state index contributed by atoms with van der Waals surface area (Å²) in [6.07, 6.45) is -4.58. The van der Waals surface area contributed by atoms with E-state index in [-0.39, 0.29) is 5.56 Å². The number of benzene rings is 6. The Morgan fingerprint density at radius 2 is 1.04 bits per heavy atom. The maximum atomic E-state index is 14.7. The molecule has 0 atom stereocenters. The molecule has 0 N–H and O–H groups in total. The van der Waals surface area contributed by atoms with Gasteiger partial charge >= 0.3 is 6.18 Å². The van der Waals surface area contributed by atoms with Gasteiger partial charge < -0.3 is 9.13 Å². The van der Waals surface area contributed by atoms with E-state index in [0.717, 1.165) is 60.8 Å². The van der Waals surface area contributed by atoms with Gasteiger partial charge in [0.1, 0.15) is 11.6 Å². The van der Waals surface area contributed by atoms with Gasteiger partial charge in [0.05, 0.1) is 39.0 Å². The van der Waals surface area contributed by atoms with Crippen LogP contribution in [0.3, 0.4) is 0 Å². The van der Waals surface area contributed by atoms with Gasteiger partial charge in [0.2, 0.25) is 0 Å². The van der Waals surface area contributed by atoms with Crippen LogP contribution >= 0.6 is 0 Å². The number of hydrogen-bond donors (Lipinski definition) is 0. The summed E-state index contributed by atoms with van der Waals surface area (Å²) in [7, 11) is 0. The number of nitriles is 1. The Hall–Kier alpha value is -5.80. The van der Waals surface area contributed by atoms with Gasteiger partial charge in [-0.2, -0.15) is 18.4 Å². The predicted molar refractivity (Wildman–Crippen MR) is 184 cm³/mol. The summed E-state index contributed by atoms with van der Waals surface area (Å²) in [4.78, 5) is 0. The average Bonchev–Trinajstić information content (AvgIpc) is 3.55. The zero-order valence-electron chi connectivity index (χ0n) is 25.9. The molecule has 0 aliphatic heterocycles. The monoisotopic (exact) mass is 619 g/mol. The Morgan fingerprint density at radius 1 is 0.553 bits per heavy atom. The number of rotatable bonds is 3. The second-order valence-corrected chi connectivity index (χ2v) is 12.2. The molecule has 6 heteroatoms. The van der Waals surface area contributed by atoms with E-state index in [1.807, 2.05) is 95.8 Å². The molecule has 0 aliphatic rings. The highest BCUT2D eigenvalue weighted by Crippen LogP contribution is 2.44. The molecule has 0 bridgehead atoms. The van der Waals surface area contributed by atoms with Crippen molar-refractivity contribution in [3.8, 4) is 28.6 Å². The van der Waals surface area contributed by atoms with Crippen LogP contribution in [0, 0.1) is 32.1 Å². The highest BCUT2D eigenvalue weighted by Gasteiger charge is 2.35. The van der Waals surface area contributed by atoms with Crippen molar-refractivity contribution in [2.75, 3.05) is 0 Å². The summed E-state index contributed by atoms with van der Waals surface area (Å²) < 4.78 is 48.0. The van der Waals surface area contributed by atoms with Gasteiger partial charge in [-0.3, -0.25) is 0 Å². The molecule has 0 aliphatic carbocycles. The van der Waals surface area contributed by atoms with Crippen LogP contribution in [-0.4, -0.2) is 9.13 Å². The van der Waals surface area contributed by atoms with E-state index in [2.05, 4.69) is 18.2 Å². The van der Waals surface area contributed by atoms with Crippen LogP contribution in [0.25, 0.3) is 66.1 Å². The van der Waals surface area contributed by atoms with E-state index < -0.39 is 11.7 Å². The van der Waals surface area contributed by atoms with Crippen LogP contribution < -0.4 is 0 Å². The molecule has 0 spiro atoms. The molecule has 0 amide bonds. The quantitative estimate of drug-likeness (QED) is 0.194. The molecule has 2 aromatic heterocycles. The average molecular weight is 620 g/mol. The minimum absolute atomic E-state index is 0.0974. The summed E-state index contributed by atoms with van der Waals surface area (Å²) in [5.41, 5.74) is 7.32. The van der Waals surface area contributed by atoms with Crippen molar-refractivity contribution in [3.63, 3.8) is 0 Å². The number of fused-ring (bicyclic) bond motifs is 6. The Bertz CT molecular complexity index is 2470. The fraction of sp³-hybridized carbons (Fsp3) is 0.0976. The van der Waals surface area contributed by atoms with Gasteiger partial charge in [0.15, 0.2) is 0 Å². The summed E-state index contributed by atoms with van der Waals surface area (Å²) in [6.45, 7) is 5.77. The Morgan fingerprint density at radius 3 is 1.53 bits per heavy atom. The molecule has 6 aromatic carbocycles. The summed E-state index contributed by atoms with van der Waals surface area (Å²) in [5, 5.41) is 15.0. The van der Waals surface area contributed by atoms with Gasteiger partial charge in [0.25, 0.3) is 0 Å². The lowest BCUT2D eigenvalue weighted by molar-refractivity contribution is -0.137. The van der Waals surface area contributed by atoms with Crippen LogP contribution in [0.15, 0.2) is 115 Å². The smallest absolute Gasteiger partial charge is 0.308 e. The molecular weight excluding hydrogens is 591 g/mol. The van der Waals surface area contributed by atoms with Crippen LogP contribution in [0.4, 0.5) is 13.2 Å². The molecule has 0 radical (unpaired) electrons. The number of halogens is 3. The zero-order chi connectivity index (χ0) is 32.6. The lowest BCUT2D eigenvalue weighted by atomic mass is 9.92. The summed E-state index contributed by atoms with van der Waals surface area (Å²) >= 11 is 0. The molecule has 0 saturated heterocycles. The Labute approximate surface area is 269 Å². The molecular formula is C41H28F3N3. The van der Waals surface area contributed by atoms with Crippen LogP contribution in [0.1, 0.15) is 27.8 Å². The van der Waals surface area contributed by atoms with Gasteiger partial charge in [-0.05, 0) is 92.1 Å². The van der Waals surface area contributed by atoms with Gasteiger partial charge in [-0.25, -0.2) is 0 Å². The first-order valence-electron chi connectivity index (χ1n) is 15.4. The number of para-hydroxylation sites is 2. The number of alkyl halides is 3. The van der Waals surface area contributed by atoms with Gasteiger partial charge in [-0.15, -0.1) is 0 Å². The number of aryl methyl sites for hydroxylation is 3. The first kappa shape index (κ1) is 28.7. The van der Waals surface area contributed by atoms with E-state index in [1.54, 1.807) is 25.1 Å². The number of aromatic nitrogens is 2. The Balaban J connectivity index is 1.60. The molecule has 3 nitrogen and oxygen atoms in total. The van der Waals surface area contributed by atoms with Crippen LogP contribution in [-0.2, 0) is 6.18 Å². The molecule has 47 heavy (non-hydrogen) atoms. The normalized spacial score (nSPS) is 12.0. The van der Waals surface area contributed by atoms with E-state index in [9.17, 15) is 18.4 Å². The van der Waals surface area contributed by atoms with Crippen molar-refractivity contribution in [3.05, 3.63) is 143 Å². The predicted octanol–water partition coefficient (Wildman–Crippen LogP) is 11.4. The first-order valence-corrected chi connectivity index (χ1v) is 15.4. The topological polar surface area (TPSA) is 33.6 Å². The van der Waals surface area contributed by atoms with Crippen molar-refractivity contribution < 1.29 is 13.2 Å². The van der Waals surface area contributed by atoms with Gasteiger partial charge in [0, 0.05) is 21.5 Å². The van der Waals surface area contributed by atoms with Crippen molar-refractivity contribution in [1.29, 1.82) is 5.26 Å². The minimum atomic E-state index is -4.58. The largest absolute Gasteiger partial charge is 0.417 e. The third-order valence-corrected chi connectivity index (χ3v) is 9.21. The maximum absolute atomic E-state index is 14.7. The van der Waals surface area contributed by atoms with E-state index in [0.29, 0.717) is 28.1 Å². The molecule has 228 valence electrons. The van der Waals surface area contributed by atoms with Crippen LogP contribution in [0.5, 0.6) is 0 Å². The van der Waals surface area contributed by atoms with E-state index >= 15 is 0 Å². The highest BCUT2D eigenvalue weighted by atomic mass is 19.4. The van der Waals surface area contributed by atoms with Crippen molar-refractivity contribution in [2.24, 2.45) is 0 Å². The number of nitrogens with zero attached hydrogens (tertiary/aromatic N) is 3.